The Morgan fingerprint density at radius 1 is 1.36 bits per heavy atom. The maximum Gasteiger partial charge on any atom is 0.118 e. The zero-order valence-electron chi connectivity index (χ0n) is 8.66. The number of benzene rings is 1. The Hall–Kier alpha value is -1.06. The van der Waals surface area contributed by atoms with Crippen molar-refractivity contribution in [2.45, 2.75) is 18.9 Å². The number of nitrogens with two attached hydrogens (primary N) is 1. The molecule has 0 unspecified atom stereocenters. The molecular weight excluding hydrogens is 178 g/mol. The van der Waals surface area contributed by atoms with Crippen LogP contribution in [-0.4, -0.2) is 24.4 Å². The minimum atomic E-state index is -0.825. The molecule has 0 aromatic heterocycles. The van der Waals surface area contributed by atoms with Gasteiger partial charge in [-0.2, -0.15) is 0 Å². The van der Waals surface area contributed by atoms with Crippen LogP contribution in [0.2, 0.25) is 0 Å². The van der Waals surface area contributed by atoms with E-state index in [2.05, 4.69) is 0 Å². The van der Waals surface area contributed by atoms with E-state index in [0.717, 1.165) is 11.3 Å². The molecule has 0 aliphatic heterocycles. The summed E-state index contributed by atoms with van der Waals surface area (Å²) >= 11 is 0. The van der Waals surface area contributed by atoms with Crippen molar-refractivity contribution >= 4 is 0 Å². The van der Waals surface area contributed by atoms with Crippen LogP contribution in [0.4, 0.5) is 0 Å². The second kappa shape index (κ2) is 4.44. The zero-order chi connectivity index (χ0) is 10.6. The van der Waals surface area contributed by atoms with Crippen LogP contribution in [0.3, 0.4) is 0 Å². The molecule has 0 spiro atoms. The van der Waals surface area contributed by atoms with E-state index in [-0.39, 0.29) is 6.54 Å². The number of hydrogen-bond donors (Lipinski definition) is 2. The fourth-order valence-electron chi connectivity index (χ4n) is 1.26. The Morgan fingerprint density at radius 3 is 2.36 bits per heavy atom. The summed E-state index contributed by atoms with van der Waals surface area (Å²) in [4.78, 5) is 0. The lowest BCUT2D eigenvalue weighted by Gasteiger charge is -2.20. The van der Waals surface area contributed by atoms with Gasteiger partial charge in [-0.25, -0.2) is 0 Å². The van der Waals surface area contributed by atoms with Gasteiger partial charge in [0.1, 0.15) is 5.75 Å². The van der Waals surface area contributed by atoms with E-state index in [1.165, 1.54) is 0 Å². The molecule has 0 bridgehead atoms. The first-order chi connectivity index (χ1) is 6.57. The van der Waals surface area contributed by atoms with Crippen LogP contribution in [0.5, 0.6) is 5.75 Å². The molecule has 0 aliphatic carbocycles. The quantitative estimate of drug-likeness (QED) is 0.752. The minimum Gasteiger partial charge on any atom is -0.497 e. The van der Waals surface area contributed by atoms with Crippen LogP contribution < -0.4 is 10.5 Å². The Bertz CT molecular complexity index is 280. The van der Waals surface area contributed by atoms with E-state index < -0.39 is 5.60 Å². The van der Waals surface area contributed by atoms with Gasteiger partial charge in [0, 0.05) is 13.0 Å². The standard InChI is InChI=1S/C11H17NO2/c1-11(13,8-12)7-9-3-5-10(14-2)6-4-9/h3-6,13H,7-8,12H2,1-2H3/t11-/m1/s1. The van der Waals surface area contributed by atoms with Crippen LogP contribution in [0.1, 0.15) is 12.5 Å². The third-order valence-electron chi connectivity index (χ3n) is 2.18. The van der Waals surface area contributed by atoms with Gasteiger partial charge in [-0.15, -0.1) is 0 Å². The predicted molar refractivity (Wildman–Crippen MR) is 56.4 cm³/mol. The monoisotopic (exact) mass is 195 g/mol. The molecule has 3 nitrogen and oxygen atoms in total. The van der Waals surface area contributed by atoms with Gasteiger partial charge in [0.15, 0.2) is 0 Å². The van der Waals surface area contributed by atoms with Crippen molar-refractivity contribution in [3.05, 3.63) is 29.8 Å². The number of aliphatic hydroxyl groups is 1. The molecule has 1 aromatic carbocycles. The molecule has 3 N–H and O–H groups in total. The highest BCUT2D eigenvalue weighted by Crippen LogP contribution is 2.16. The summed E-state index contributed by atoms with van der Waals surface area (Å²) in [5, 5.41) is 9.75. The Labute approximate surface area is 84.5 Å². The van der Waals surface area contributed by atoms with Gasteiger partial charge in [-0.05, 0) is 24.6 Å². The molecule has 0 fully saturated rings. The Kier molecular flexibility index (Phi) is 3.49. The summed E-state index contributed by atoms with van der Waals surface area (Å²) in [6.45, 7) is 2.00. The van der Waals surface area contributed by atoms with Crippen LogP contribution >= 0.6 is 0 Å². The first-order valence-corrected chi connectivity index (χ1v) is 4.63. The molecule has 0 saturated carbocycles. The molecule has 3 heteroatoms. The van der Waals surface area contributed by atoms with Crippen molar-refractivity contribution in [2.75, 3.05) is 13.7 Å². The highest BCUT2D eigenvalue weighted by atomic mass is 16.5. The second-order valence-corrected chi connectivity index (χ2v) is 3.73. The summed E-state index contributed by atoms with van der Waals surface area (Å²) in [6, 6.07) is 7.62. The third kappa shape index (κ3) is 3.01. The van der Waals surface area contributed by atoms with Gasteiger partial charge < -0.3 is 15.6 Å². The highest BCUT2D eigenvalue weighted by molar-refractivity contribution is 5.28. The molecular formula is C11H17NO2. The number of rotatable bonds is 4. The van der Waals surface area contributed by atoms with Gasteiger partial charge in [-0.3, -0.25) is 0 Å². The normalized spacial score (nSPS) is 14.9. The van der Waals surface area contributed by atoms with Crippen molar-refractivity contribution in [1.29, 1.82) is 0 Å². The average molecular weight is 195 g/mol. The summed E-state index contributed by atoms with van der Waals surface area (Å²) < 4.78 is 5.04. The lowest BCUT2D eigenvalue weighted by atomic mass is 9.97. The van der Waals surface area contributed by atoms with E-state index in [4.69, 9.17) is 10.5 Å². The van der Waals surface area contributed by atoms with Crippen molar-refractivity contribution in [3.8, 4) is 5.75 Å². The third-order valence-corrected chi connectivity index (χ3v) is 2.18. The van der Waals surface area contributed by atoms with E-state index >= 15 is 0 Å². The zero-order valence-corrected chi connectivity index (χ0v) is 8.66. The second-order valence-electron chi connectivity index (χ2n) is 3.73. The average Bonchev–Trinajstić information content (AvgIpc) is 2.19. The van der Waals surface area contributed by atoms with E-state index in [1.54, 1.807) is 14.0 Å². The fourth-order valence-corrected chi connectivity index (χ4v) is 1.26. The molecule has 0 saturated heterocycles. The van der Waals surface area contributed by atoms with Gasteiger partial charge in [0.2, 0.25) is 0 Å². The molecule has 78 valence electrons. The number of ether oxygens (including phenoxy) is 1. The Balaban J connectivity index is 2.69. The number of methoxy groups -OCH3 is 1. The van der Waals surface area contributed by atoms with Crippen molar-refractivity contribution in [2.24, 2.45) is 5.73 Å². The SMILES string of the molecule is COc1ccc(C[C@@](C)(O)CN)cc1. The van der Waals surface area contributed by atoms with Crippen LogP contribution in [-0.2, 0) is 6.42 Å². The van der Waals surface area contributed by atoms with E-state index in [1.807, 2.05) is 24.3 Å². The summed E-state index contributed by atoms with van der Waals surface area (Å²) in [6.07, 6.45) is 0.563. The largest absolute Gasteiger partial charge is 0.497 e. The molecule has 0 amide bonds. The molecule has 14 heavy (non-hydrogen) atoms. The summed E-state index contributed by atoms with van der Waals surface area (Å²) in [5.41, 5.74) is 5.67. The molecule has 0 radical (unpaired) electrons. The van der Waals surface area contributed by atoms with Crippen LogP contribution in [0.25, 0.3) is 0 Å². The van der Waals surface area contributed by atoms with Crippen LogP contribution in [0, 0.1) is 0 Å². The fraction of sp³-hybridized carbons (Fsp3) is 0.455. The van der Waals surface area contributed by atoms with Crippen molar-refractivity contribution < 1.29 is 9.84 Å². The first-order valence-electron chi connectivity index (χ1n) is 4.63. The van der Waals surface area contributed by atoms with E-state index in [0.29, 0.717) is 6.42 Å². The van der Waals surface area contributed by atoms with Crippen molar-refractivity contribution in [3.63, 3.8) is 0 Å². The molecule has 1 atom stereocenters. The molecule has 1 rings (SSSR count). The number of hydrogen-bond acceptors (Lipinski definition) is 3. The smallest absolute Gasteiger partial charge is 0.118 e. The molecule has 0 heterocycles. The lowest BCUT2D eigenvalue weighted by molar-refractivity contribution is 0.0696. The maximum atomic E-state index is 9.75. The van der Waals surface area contributed by atoms with Crippen LogP contribution in [0.15, 0.2) is 24.3 Å². The highest BCUT2D eigenvalue weighted by Gasteiger charge is 2.18. The van der Waals surface area contributed by atoms with Gasteiger partial charge >= 0.3 is 0 Å². The first kappa shape index (κ1) is 11.0. The summed E-state index contributed by atoms with van der Waals surface area (Å²) in [5.74, 6) is 0.821. The Morgan fingerprint density at radius 2 is 1.93 bits per heavy atom. The predicted octanol–water partition coefficient (Wildman–Crippen LogP) is 0.947. The lowest BCUT2D eigenvalue weighted by Crippen LogP contribution is -2.36. The van der Waals surface area contributed by atoms with Gasteiger partial charge in [0.05, 0.1) is 12.7 Å². The van der Waals surface area contributed by atoms with Gasteiger partial charge in [-0.1, -0.05) is 12.1 Å². The van der Waals surface area contributed by atoms with Crippen molar-refractivity contribution in [1.82, 2.24) is 0 Å². The summed E-state index contributed by atoms with van der Waals surface area (Å²) in [7, 11) is 1.63. The topological polar surface area (TPSA) is 55.5 Å². The maximum absolute atomic E-state index is 9.75. The van der Waals surface area contributed by atoms with E-state index in [9.17, 15) is 5.11 Å². The molecule has 1 aromatic rings. The minimum absolute atomic E-state index is 0.263. The molecule has 0 aliphatic rings. The van der Waals surface area contributed by atoms with Gasteiger partial charge in [0.25, 0.3) is 0 Å².